The number of aromatic nitrogens is 4. The minimum absolute atomic E-state index is 0.00423. The Morgan fingerprint density at radius 1 is 0.929 bits per heavy atom. The molecule has 2 aromatic rings. The zero-order valence-electron chi connectivity index (χ0n) is 32.7. The number of fused-ring (bicyclic) bond motifs is 1. The van der Waals surface area contributed by atoms with Gasteiger partial charge < -0.3 is 54.5 Å². The number of carbonyl (C=O) groups is 4. The Balaban J connectivity index is 1.39. The van der Waals surface area contributed by atoms with Crippen molar-refractivity contribution in [2.45, 2.75) is 116 Å². The van der Waals surface area contributed by atoms with Gasteiger partial charge in [-0.2, -0.15) is 0 Å². The van der Waals surface area contributed by atoms with Crippen LogP contribution in [0, 0.1) is 16.2 Å². The van der Waals surface area contributed by atoms with Crippen molar-refractivity contribution in [3.63, 3.8) is 0 Å². The number of amides is 1. The molecule has 2 fully saturated rings. The predicted molar refractivity (Wildman–Crippen MR) is 194 cm³/mol. The summed E-state index contributed by atoms with van der Waals surface area (Å²) < 4.78 is 23.5. The molecule has 6 N–H and O–H groups in total. The Morgan fingerprint density at radius 3 is 2.23 bits per heavy atom. The number of aryl methyl sites for hydroxylation is 1. The highest BCUT2D eigenvalue weighted by Gasteiger charge is 2.50. The molecule has 2 aliphatic heterocycles. The molecule has 56 heavy (non-hydrogen) atoms. The number of imidazole rings is 1. The van der Waals surface area contributed by atoms with Gasteiger partial charge in [-0.3, -0.25) is 23.7 Å². The summed E-state index contributed by atoms with van der Waals surface area (Å²) in [4.78, 5) is 67.1. The maximum Gasteiger partial charge on any atom is 0.311 e. The minimum Gasteiger partial charge on any atom is -0.463 e. The van der Waals surface area contributed by atoms with Gasteiger partial charge in [0.15, 0.2) is 11.9 Å². The summed E-state index contributed by atoms with van der Waals surface area (Å²) in [5, 5.41) is 60.0. The molecule has 19 heteroatoms. The normalized spacial score (nSPS) is 23.4. The molecule has 0 spiro atoms. The van der Waals surface area contributed by atoms with E-state index in [-0.39, 0.29) is 51.2 Å². The molecule has 0 aliphatic carbocycles. The number of esters is 3. The average molecular weight is 796 g/mol. The lowest BCUT2D eigenvalue weighted by molar-refractivity contribution is -0.171. The van der Waals surface area contributed by atoms with Crippen LogP contribution in [-0.4, -0.2) is 156 Å². The van der Waals surface area contributed by atoms with Crippen molar-refractivity contribution in [3.8, 4) is 0 Å². The Bertz CT molecular complexity index is 1670. The summed E-state index contributed by atoms with van der Waals surface area (Å²) in [6.07, 6.45) is -3.06. The summed E-state index contributed by atoms with van der Waals surface area (Å²) in [7, 11) is 0. The van der Waals surface area contributed by atoms with Crippen LogP contribution in [0.3, 0.4) is 0 Å². The first kappa shape index (κ1) is 44.9. The van der Waals surface area contributed by atoms with E-state index in [0.717, 1.165) is 6.42 Å². The number of nitrogens with zero attached hydrogens (tertiary/aromatic N) is 5. The quantitative estimate of drug-likeness (QED) is 0.0691. The lowest BCUT2D eigenvalue weighted by Crippen LogP contribution is -2.45. The molecule has 4 rings (SSSR count). The van der Waals surface area contributed by atoms with Crippen molar-refractivity contribution < 1.29 is 68.8 Å². The standard InChI is InChI=1S/C37H57N5O14/c1-6-36(4,33(51)53-13-12-41-11-7-8-26(41)47)19-37(5,34(52)55-17-23(46)14-43)18-35(2,3)32(50)54-16-22(45)9-10-24-27-30(39-20-38-24)42(21-40-27)31-29(49)28(48)25(15-44)56-31/h20-23,25,28-29,31,43-46,48-49H,6-19H2,1-5H3. The van der Waals surface area contributed by atoms with Gasteiger partial charge in [-0.1, -0.05) is 6.92 Å². The van der Waals surface area contributed by atoms with Crippen molar-refractivity contribution >= 4 is 35.0 Å². The molecule has 0 bridgehead atoms. The van der Waals surface area contributed by atoms with E-state index in [2.05, 4.69) is 15.0 Å². The molecule has 0 radical (unpaired) electrons. The molecule has 0 aromatic carbocycles. The number of aliphatic hydroxyl groups excluding tert-OH is 6. The fraction of sp³-hybridized carbons (Fsp3) is 0.757. The van der Waals surface area contributed by atoms with Crippen molar-refractivity contribution in [1.29, 1.82) is 0 Å². The molecule has 314 valence electrons. The van der Waals surface area contributed by atoms with E-state index in [1.807, 2.05) is 0 Å². The van der Waals surface area contributed by atoms with E-state index in [4.69, 9.17) is 18.9 Å². The van der Waals surface area contributed by atoms with Gasteiger partial charge in [0, 0.05) is 13.0 Å². The second kappa shape index (κ2) is 19.1. The molecule has 19 nitrogen and oxygen atoms in total. The van der Waals surface area contributed by atoms with Crippen molar-refractivity contribution in [3.05, 3.63) is 18.3 Å². The number of ether oxygens (including phenoxy) is 4. The highest BCUT2D eigenvalue weighted by atomic mass is 16.6. The maximum absolute atomic E-state index is 13.7. The number of aliphatic hydroxyl groups is 6. The van der Waals surface area contributed by atoms with Crippen LogP contribution < -0.4 is 0 Å². The first-order chi connectivity index (χ1) is 26.4. The van der Waals surface area contributed by atoms with E-state index in [1.165, 1.54) is 17.2 Å². The van der Waals surface area contributed by atoms with Crippen LogP contribution in [0.4, 0.5) is 0 Å². The summed E-state index contributed by atoms with van der Waals surface area (Å²) in [5.74, 6) is -2.13. The largest absolute Gasteiger partial charge is 0.463 e. The fourth-order valence-electron chi connectivity index (χ4n) is 7.35. The van der Waals surface area contributed by atoms with Gasteiger partial charge in [-0.25, -0.2) is 15.0 Å². The van der Waals surface area contributed by atoms with Gasteiger partial charge in [0.25, 0.3) is 0 Å². The lowest BCUT2D eigenvalue weighted by atomic mass is 9.65. The van der Waals surface area contributed by atoms with Crippen molar-refractivity contribution in [2.24, 2.45) is 16.2 Å². The summed E-state index contributed by atoms with van der Waals surface area (Å²) >= 11 is 0. The summed E-state index contributed by atoms with van der Waals surface area (Å²) in [6, 6.07) is 0. The van der Waals surface area contributed by atoms with Crippen LogP contribution in [-0.2, 0) is 44.5 Å². The topological polar surface area (TPSA) is 273 Å². The second-order valence-corrected chi connectivity index (χ2v) is 15.9. The third-order valence-electron chi connectivity index (χ3n) is 10.7. The van der Waals surface area contributed by atoms with Crippen LogP contribution >= 0.6 is 0 Å². The molecule has 8 unspecified atom stereocenters. The van der Waals surface area contributed by atoms with Gasteiger partial charge in [0.05, 0.1) is 54.1 Å². The van der Waals surface area contributed by atoms with E-state index in [9.17, 15) is 49.8 Å². The van der Waals surface area contributed by atoms with Gasteiger partial charge in [-0.05, 0) is 66.2 Å². The predicted octanol–water partition coefficient (Wildman–Crippen LogP) is -0.434. The molecule has 2 aliphatic rings. The van der Waals surface area contributed by atoms with E-state index < -0.39 is 97.3 Å². The zero-order valence-corrected chi connectivity index (χ0v) is 32.7. The van der Waals surface area contributed by atoms with E-state index in [1.54, 1.807) is 39.5 Å². The highest BCUT2D eigenvalue weighted by Crippen LogP contribution is 2.46. The number of hydrogen-bond donors (Lipinski definition) is 6. The zero-order chi connectivity index (χ0) is 41.4. The van der Waals surface area contributed by atoms with Gasteiger partial charge in [-0.15, -0.1) is 0 Å². The molecule has 4 heterocycles. The average Bonchev–Trinajstić information content (AvgIpc) is 3.87. The summed E-state index contributed by atoms with van der Waals surface area (Å²) in [5.41, 5.74) is -2.95. The Kier molecular flexibility index (Phi) is 15.3. The molecule has 0 saturated carbocycles. The third kappa shape index (κ3) is 10.6. The third-order valence-corrected chi connectivity index (χ3v) is 10.7. The second-order valence-electron chi connectivity index (χ2n) is 15.9. The first-order valence-electron chi connectivity index (χ1n) is 18.9. The van der Waals surface area contributed by atoms with Crippen LogP contribution in [0.25, 0.3) is 11.2 Å². The molecule has 2 aromatic heterocycles. The molecular formula is C37H57N5O14. The van der Waals surface area contributed by atoms with Gasteiger partial charge in [0.1, 0.15) is 56.1 Å². The van der Waals surface area contributed by atoms with Crippen LogP contribution in [0.15, 0.2) is 12.7 Å². The molecular weight excluding hydrogens is 738 g/mol. The molecule has 2 saturated heterocycles. The van der Waals surface area contributed by atoms with E-state index >= 15 is 0 Å². The van der Waals surface area contributed by atoms with Crippen molar-refractivity contribution in [2.75, 3.05) is 46.1 Å². The maximum atomic E-state index is 13.7. The minimum atomic E-state index is -1.50. The van der Waals surface area contributed by atoms with Gasteiger partial charge in [0.2, 0.25) is 5.91 Å². The molecule has 1 amide bonds. The number of hydrogen-bond acceptors (Lipinski definition) is 17. The Hall–Kier alpha value is -3.85. The number of likely N-dealkylation sites (tertiary alicyclic amines) is 1. The van der Waals surface area contributed by atoms with Gasteiger partial charge >= 0.3 is 17.9 Å². The smallest absolute Gasteiger partial charge is 0.311 e. The van der Waals surface area contributed by atoms with E-state index in [0.29, 0.717) is 29.8 Å². The SMILES string of the molecule is CCC(C)(CC(C)(CC(C)(C)C(=O)OCC(O)CCc1ncnc2c1ncn2C1OC(CO)C(O)C1O)C(=O)OCC(O)CO)C(=O)OCCN1CCCC1=O. The number of carbonyl (C=O) groups excluding carboxylic acids is 4. The highest BCUT2D eigenvalue weighted by molar-refractivity contribution is 5.83. The molecule has 8 atom stereocenters. The Morgan fingerprint density at radius 2 is 1.61 bits per heavy atom. The first-order valence-corrected chi connectivity index (χ1v) is 18.9. The fourth-order valence-corrected chi connectivity index (χ4v) is 7.35. The van der Waals surface area contributed by atoms with Crippen LogP contribution in [0.1, 0.15) is 85.1 Å². The van der Waals surface area contributed by atoms with Crippen LogP contribution in [0.5, 0.6) is 0 Å². The van der Waals surface area contributed by atoms with Crippen molar-refractivity contribution in [1.82, 2.24) is 24.4 Å². The monoisotopic (exact) mass is 795 g/mol. The lowest BCUT2D eigenvalue weighted by Gasteiger charge is -2.39. The van der Waals surface area contributed by atoms with Crippen LogP contribution in [0.2, 0.25) is 0 Å². The Labute approximate surface area is 324 Å². The number of rotatable bonds is 21. The summed E-state index contributed by atoms with van der Waals surface area (Å²) in [6.45, 7) is 6.84.